The Morgan fingerprint density at radius 3 is 2.78 bits per heavy atom. The van der Waals surface area contributed by atoms with E-state index in [9.17, 15) is 4.79 Å². The topological polar surface area (TPSA) is 133 Å². The molecule has 0 fully saturated rings. The number of amides is 1. The molecule has 6 rings (SSSR count). The number of anilines is 1. The van der Waals surface area contributed by atoms with E-state index >= 15 is 0 Å². The summed E-state index contributed by atoms with van der Waals surface area (Å²) in [6.45, 7) is 2.24. The number of benzene rings is 1. The van der Waals surface area contributed by atoms with Crippen molar-refractivity contribution in [3.05, 3.63) is 67.0 Å². The number of carbonyl (C=O) groups is 1. The Kier molecular flexibility index (Phi) is 5.46. The van der Waals surface area contributed by atoms with Crippen LogP contribution in [0.15, 0.2) is 61.3 Å². The number of fused-ring (bicyclic) bond motifs is 2. The van der Waals surface area contributed by atoms with Gasteiger partial charge in [0.1, 0.15) is 11.0 Å². The van der Waals surface area contributed by atoms with Crippen molar-refractivity contribution in [2.45, 2.75) is 6.92 Å². The zero-order chi connectivity index (χ0) is 25.5. The van der Waals surface area contributed by atoms with Gasteiger partial charge in [0.2, 0.25) is 5.91 Å². The second-order valence-corrected chi connectivity index (χ2v) is 9.09. The van der Waals surface area contributed by atoms with E-state index in [1.54, 1.807) is 23.6 Å². The molecule has 11 heteroatoms. The first kappa shape index (κ1) is 22.6. The monoisotopic (exact) mass is 492 g/mol. The van der Waals surface area contributed by atoms with Gasteiger partial charge >= 0.3 is 0 Å². The lowest BCUT2D eigenvalue weighted by Gasteiger charge is -2.10. The van der Waals surface area contributed by atoms with Gasteiger partial charge in [0.05, 0.1) is 52.9 Å². The number of para-hydroxylation sites is 1. The van der Waals surface area contributed by atoms with Crippen LogP contribution < -0.4 is 5.32 Å². The molecule has 0 saturated carbocycles. The first-order valence-corrected chi connectivity index (χ1v) is 11.7. The summed E-state index contributed by atoms with van der Waals surface area (Å²) in [5, 5.41) is 10.4. The van der Waals surface area contributed by atoms with E-state index in [1.165, 1.54) is 0 Å². The van der Waals surface area contributed by atoms with Crippen molar-refractivity contribution in [2.24, 2.45) is 0 Å². The van der Waals surface area contributed by atoms with Crippen molar-refractivity contribution >= 4 is 33.7 Å². The molecule has 0 aliphatic heterocycles. The summed E-state index contributed by atoms with van der Waals surface area (Å²) in [6.07, 6.45) is 7.08. The Labute approximate surface area is 211 Å². The standard InChI is InChI=1S/C26H24N10O/c1-15-12-36(14-28-15)21-6-4-5-19-23(21)32-26(31-19)25-24-20(33-34-25)8-7-18(30-24)16-9-17(11-27-10-16)29-22(37)13-35(2)3/h4-12,14H,13H2,1-3H3,(H,29,37)(H,31,32)(H,33,34). The van der Waals surface area contributed by atoms with Crippen molar-refractivity contribution in [3.63, 3.8) is 0 Å². The number of nitrogens with zero attached hydrogens (tertiary/aromatic N) is 7. The number of hydrogen-bond acceptors (Lipinski definition) is 7. The van der Waals surface area contributed by atoms with E-state index in [1.807, 2.05) is 68.2 Å². The highest BCUT2D eigenvalue weighted by molar-refractivity contribution is 5.94. The van der Waals surface area contributed by atoms with Crippen molar-refractivity contribution < 1.29 is 4.79 Å². The number of H-pyrrole nitrogens is 2. The van der Waals surface area contributed by atoms with Gasteiger partial charge in [-0.3, -0.25) is 14.9 Å². The molecule has 0 aliphatic carbocycles. The maximum Gasteiger partial charge on any atom is 0.238 e. The lowest BCUT2D eigenvalue weighted by molar-refractivity contribution is -0.116. The lowest BCUT2D eigenvalue weighted by atomic mass is 10.1. The Hall–Kier alpha value is -4.90. The Morgan fingerprint density at radius 1 is 1.08 bits per heavy atom. The second-order valence-electron chi connectivity index (χ2n) is 9.09. The average Bonchev–Trinajstić information content (AvgIpc) is 3.60. The number of likely N-dealkylation sites (N-methyl/N-ethyl adjacent to an activating group) is 1. The minimum atomic E-state index is -0.111. The van der Waals surface area contributed by atoms with Crippen LogP contribution in [-0.4, -0.2) is 71.1 Å². The Bertz CT molecular complexity index is 1760. The summed E-state index contributed by atoms with van der Waals surface area (Å²) in [5.41, 5.74) is 7.72. The van der Waals surface area contributed by atoms with Crippen molar-refractivity contribution in [1.82, 2.24) is 44.6 Å². The van der Waals surface area contributed by atoms with Crippen LogP contribution in [-0.2, 0) is 4.79 Å². The molecule has 0 saturated heterocycles. The van der Waals surface area contributed by atoms with E-state index in [0.717, 1.165) is 33.5 Å². The third-order valence-corrected chi connectivity index (χ3v) is 5.89. The molecule has 0 aliphatic rings. The number of hydrogen-bond donors (Lipinski definition) is 3. The molecule has 6 aromatic rings. The molecule has 11 nitrogen and oxygen atoms in total. The molecule has 37 heavy (non-hydrogen) atoms. The molecular formula is C26H24N10O. The van der Waals surface area contributed by atoms with Crippen molar-refractivity contribution in [3.8, 4) is 28.5 Å². The molecule has 5 heterocycles. The van der Waals surface area contributed by atoms with Crippen LogP contribution in [0.3, 0.4) is 0 Å². The predicted molar refractivity (Wildman–Crippen MR) is 141 cm³/mol. The number of aromatic amines is 2. The molecule has 184 valence electrons. The quantitative estimate of drug-likeness (QED) is 0.324. The number of pyridine rings is 2. The normalized spacial score (nSPS) is 11.6. The first-order chi connectivity index (χ1) is 17.9. The fourth-order valence-electron chi connectivity index (χ4n) is 4.25. The summed E-state index contributed by atoms with van der Waals surface area (Å²) in [4.78, 5) is 35.7. The zero-order valence-electron chi connectivity index (χ0n) is 20.5. The molecule has 0 bridgehead atoms. The highest BCUT2D eigenvalue weighted by Gasteiger charge is 2.17. The van der Waals surface area contributed by atoms with Crippen molar-refractivity contribution in [2.75, 3.05) is 26.0 Å². The van der Waals surface area contributed by atoms with Gasteiger partial charge in [-0.1, -0.05) is 6.07 Å². The molecule has 3 N–H and O–H groups in total. The van der Waals surface area contributed by atoms with Crippen LogP contribution in [0.5, 0.6) is 0 Å². The minimum Gasteiger partial charge on any atom is -0.336 e. The van der Waals surface area contributed by atoms with Crippen LogP contribution in [0.1, 0.15) is 5.69 Å². The van der Waals surface area contributed by atoms with Crippen LogP contribution in [0.2, 0.25) is 0 Å². The van der Waals surface area contributed by atoms with E-state index in [-0.39, 0.29) is 12.5 Å². The van der Waals surface area contributed by atoms with Gasteiger partial charge in [-0.25, -0.2) is 15.0 Å². The molecule has 5 aromatic heterocycles. The molecule has 1 amide bonds. The smallest absolute Gasteiger partial charge is 0.238 e. The molecule has 1 aromatic carbocycles. The number of nitrogens with one attached hydrogen (secondary N) is 3. The largest absolute Gasteiger partial charge is 0.336 e. The summed E-state index contributed by atoms with van der Waals surface area (Å²) in [6, 6.07) is 11.6. The highest BCUT2D eigenvalue weighted by Crippen LogP contribution is 2.29. The van der Waals surface area contributed by atoms with Gasteiger partial charge in [-0.2, -0.15) is 5.10 Å². The van der Waals surface area contributed by atoms with Gasteiger partial charge in [-0.15, -0.1) is 0 Å². The van der Waals surface area contributed by atoms with Crippen LogP contribution in [0.25, 0.3) is 50.5 Å². The summed E-state index contributed by atoms with van der Waals surface area (Å²) < 4.78 is 1.96. The number of carbonyl (C=O) groups excluding carboxylic acids is 1. The van der Waals surface area contributed by atoms with Crippen LogP contribution in [0.4, 0.5) is 5.69 Å². The van der Waals surface area contributed by atoms with E-state index in [4.69, 9.17) is 9.97 Å². The molecule has 0 radical (unpaired) electrons. The zero-order valence-corrected chi connectivity index (χ0v) is 20.5. The SMILES string of the molecule is Cc1cn(-c2cccc3[nH]c(-c4n[nH]c5ccc(-c6cncc(NC(=O)CN(C)C)c6)nc45)nc23)cn1. The Balaban J connectivity index is 1.38. The third kappa shape index (κ3) is 4.32. The van der Waals surface area contributed by atoms with Gasteiger partial charge in [-0.05, 0) is 51.4 Å². The van der Waals surface area contributed by atoms with Gasteiger partial charge < -0.3 is 19.8 Å². The number of imidazole rings is 2. The van der Waals surface area contributed by atoms with E-state index in [0.29, 0.717) is 28.4 Å². The maximum atomic E-state index is 12.2. The number of aryl methyl sites for hydroxylation is 1. The first-order valence-electron chi connectivity index (χ1n) is 11.7. The third-order valence-electron chi connectivity index (χ3n) is 5.89. The van der Waals surface area contributed by atoms with Crippen LogP contribution in [0, 0.1) is 6.92 Å². The molecular weight excluding hydrogens is 468 g/mol. The number of rotatable bonds is 6. The Morgan fingerprint density at radius 2 is 1.97 bits per heavy atom. The van der Waals surface area contributed by atoms with Crippen LogP contribution >= 0.6 is 0 Å². The summed E-state index contributed by atoms with van der Waals surface area (Å²) >= 11 is 0. The highest BCUT2D eigenvalue weighted by atomic mass is 16.2. The fraction of sp³-hybridized carbons (Fsp3) is 0.154. The van der Waals surface area contributed by atoms with Gasteiger partial charge in [0, 0.05) is 18.0 Å². The number of aromatic nitrogens is 8. The molecule has 0 unspecified atom stereocenters. The van der Waals surface area contributed by atoms with E-state index in [2.05, 4.69) is 30.5 Å². The minimum absolute atomic E-state index is 0.111. The average molecular weight is 493 g/mol. The second kappa shape index (κ2) is 8.95. The fourth-order valence-corrected chi connectivity index (χ4v) is 4.25. The summed E-state index contributed by atoms with van der Waals surface area (Å²) in [7, 11) is 3.69. The van der Waals surface area contributed by atoms with Gasteiger partial charge in [0.15, 0.2) is 11.5 Å². The van der Waals surface area contributed by atoms with E-state index < -0.39 is 0 Å². The maximum absolute atomic E-state index is 12.2. The summed E-state index contributed by atoms with van der Waals surface area (Å²) in [5.74, 6) is 0.498. The lowest BCUT2D eigenvalue weighted by Crippen LogP contribution is -2.27. The van der Waals surface area contributed by atoms with Gasteiger partial charge in [0.25, 0.3) is 0 Å². The molecule has 0 spiro atoms. The van der Waals surface area contributed by atoms with Crippen molar-refractivity contribution in [1.29, 1.82) is 0 Å². The predicted octanol–water partition coefficient (Wildman–Crippen LogP) is 3.56. The molecule has 0 atom stereocenters.